The summed E-state index contributed by atoms with van der Waals surface area (Å²) in [7, 11) is 0. The quantitative estimate of drug-likeness (QED) is 0.769. The number of aryl methyl sites for hydroxylation is 1. The van der Waals surface area contributed by atoms with Crippen molar-refractivity contribution in [3.63, 3.8) is 0 Å². The van der Waals surface area contributed by atoms with Gasteiger partial charge in [-0.25, -0.2) is 9.97 Å². The summed E-state index contributed by atoms with van der Waals surface area (Å²) in [5, 5.41) is 4.53. The molecule has 0 aliphatic rings. The molecule has 3 aromatic heterocycles. The number of rotatable bonds is 5. The number of thiophene rings is 1. The van der Waals surface area contributed by atoms with Gasteiger partial charge in [0.15, 0.2) is 5.82 Å². The first kappa shape index (κ1) is 13.9. The van der Waals surface area contributed by atoms with Crippen LogP contribution in [0.4, 0.5) is 5.82 Å². The maximum atomic E-state index is 4.69. The van der Waals surface area contributed by atoms with Crippen molar-refractivity contribution in [3.05, 3.63) is 35.3 Å². The second-order valence-electron chi connectivity index (χ2n) is 4.82. The monoisotopic (exact) mass is 298 g/mol. The van der Waals surface area contributed by atoms with E-state index in [1.807, 2.05) is 18.2 Å². The van der Waals surface area contributed by atoms with Crippen LogP contribution in [-0.4, -0.2) is 21.5 Å². The molecule has 0 aliphatic heterocycles. The molecule has 0 saturated heterocycles. The van der Waals surface area contributed by atoms with Crippen LogP contribution in [0.25, 0.3) is 21.7 Å². The Hall–Kier alpha value is -2.01. The first-order chi connectivity index (χ1) is 10.3. The smallest absolute Gasteiger partial charge is 0.181 e. The minimum absolute atomic E-state index is 0.686. The van der Waals surface area contributed by atoms with Crippen molar-refractivity contribution >= 4 is 27.4 Å². The molecular weight excluding hydrogens is 280 g/mol. The highest BCUT2D eigenvalue weighted by Gasteiger charge is 2.12. The molecule has 1 N–H and O–H groups in total. The van der Waals surface area contributed by atoms with Gasteiger partial charge in [-0.3, -0.25) is 4.98 Å². The van der Waals surface area contributed by atoms with Gasteiger partial charge in [-0.1, -0.05) is 19.9 Å². The lowest BCUT2D eigenvalue weighted by Crippen LogP contribution is -2.04. The molecule has 21 heavy (non-hydrogen) atoms. The zero-order valence-corrected chi connectivity index (χ0v) is 13.1. The van der Waals surface area contributed by atoms with Crippen molar-refractivity contribution in [2.45, 2.75) is 26.7 Å². The Bertz CT molecular complexity index is 737. The summed E-state index contributed by atoms with van der Waals surface area (Å²) in [6.45, 7) is 5.22. The summed E-state index contributed by atoms with van der Waals surface area (Å²) >= 11 is 1.73. The zero-order valence-electron chi connectivity index (χ0n) is 12.3. The molecule has 0 bridgehead atoms. The molecule has 3 rings (SSSR count). The maximum absolute atomic E-state index is 4.69. The number of anilines is 1. The molecule has 3 heterocycles. The molecule has 4 nitrogen and oxygen atoms in total. The van der Waals surface area contributed by atoms with Crippen LogP contribution < -0.4 is 5.32 Å². The second-order valence-corrected chi connectivity index (χ2v) is 5.94. The summed E-state index contributed by atoms with van der Waals surface area (Å²) in [6.07, 6.45) is 3.86. The van der Waals surface area contributed by atoms with E-state index in [9.17, 15) is 0 Å². The highest BCUT2D eigenvalue weighted by molar-refractivity contribution is 7.18. The van der Waals surface area contributed by atoms with E-state index in [2.05, 4.69) is 40.2 Å². The average Bonchev–Trinajstić information content (AvgIpc) is 2.96. The molecule has 0 aliphatic carbocycles. The van der Waals surface area contributed by atoms with Crippen LogP contribution in [0.5, 0.6) is 0 Å². The summed E-state index contributed by atoms with van der Waals surface area (Å²) in [5.41, 5.74) is 0.811. The van der Waals surface area contributed by atoms with E-state index >= 15 is 0 Å². The molecule has 0 spiro atoms. The van der Waals surface area contributed by atoms with Gasteiger partial charge in [0.1, 0.15) is 16.3 Å². The highest BCUT2D eigenvalue weighted by atomic mass is 32.1. The Labute approximate surface area is 128 Å². The van der Waals surface area contributed by atoms with Crippen LogP contribution in [0.3, 0.4) is 0 Å². The van der Waals surface area contributed by atoms with E-state index in [1.165, 1.54) is 4.88 Å². The molecule has 0 aromatic carbocycles. The summed E-state index contributed by atoms with van der Waals surface area (Å²) in [5.74, 6) is 1.60. The maximum Gasteiger partial charge on any atom is 0.181 e. The average molecular weight is 298 g/mol. The van der Waals surface area contributed by atoms with Crippen molar-refractivity contribution in [2.24, 2.45) is 0 Å². The van der Waals surface area contributed by atoms with Gasteiger partial charge < -0.3 is 5.32 Å². The van der Waals surface area contributed by atoms with Gasteiger partial charge in [-0.05, 0) is 31.0 Å². The molecule has 0 fully saturated rings. The van der Waals surface area contributed by atoms with Crippen LogP contribution in [-0.2, 0) is 6.42 Å². The Morgan fingerprint density at radius 2 is 2.10 bits per heavy atom. The second kappa shape index (κ2) is 6.18. The van der Waals surface area contributed by atoms with E-state index < -0.39 is 0 Å². The van der Waals surface area contributed by atoms with Crippen LogP contribution in [0.2, 0.25) is 0 Å². The Balaban J connectivity index is 2.13. The fourth-order valence-corrected chi connectivity index (χ4v) is 3.10. The number of pyridine rings is 1. The number of nitrogens with one attached hydrogen (secondary N) is 1. The van der Waals surface area contributed by atoms with E-state index in [-0.39, 0.29) is 0 Å². The number of aromatic nitrogens is 3. The standard InChI is InChI=1S/C16H18N4S/c1-3-8-18-14-12-10-11(4-2)21-16(12)20-15(19-14)13-7-5-6-9-17-13/h5-7,9-10H,3-4,8H2,1-2H3,(H,18,19,20). The molecule has 0 saturated carbocycles. The third-order valence-corrected chi connectivity index (χ3v) is 4.40. The fraction of sp³-hybridized carbons (Fsp3) is 0.312. The van der Waals surface area contributed by atoms with E-state index in [0.717, 1.165) is 41.1 Å². The van der Waals surface area contributed by atoms with E-state index in [0.29, 0.717) is 5.82 Å². The molecule has 0 amide bonds. The van der Waals surface area contributed by atoms with Gasteiger partial charge in [-0.15, -0.1) is 11.3 Å². The van der Waals surface area contributed by atoms with Crippen molar-refractivity contribution in [3.8, 4) is 11.5 Å². The Morgan fingerprint density at radius 3 is 2.81 bits per heavy atom. The summed E-state index contributed by atoms with van der Waals surface area (Å²) < 4.78 is 0. The van der Waals surface area contributed by atoms with Crippen LogP contribution in [0.15, 0.2) is 30.5 Å². The SMILES string of the molecule is CCCNc1nc(-c2ccccn2)nc2sc(CC)cc12. The summed E-state index contributed by atoms with van der Waals surface area (Å²) in [4.78, 5) is 16.1. The van der Waals surface area contributed by atoms with Gasteiger partial charge in [-0.2, -0.15) is 0 Å². The van der Waals surface area contributed by atoms with Crippen LogP contribution >= 0.6 is 11.3 Å². The Kier molecular flexibility index (Phi) is 4.10. The largest absolute Gasteiger partial charge is 0.369 e. The number of nitrogens with zero attached hydrogens (tertiary/aromatic N) is 3. The van der Waals surface area contributed by atoms with Crippen molar-refractivity contribution in [1.82, 2.24) is 15.0 Å². The normalized spacial score (nSPS) is 11.0. The highest BCUT2D eigenvalue weighted by Crippen LogP contribution is 2.31. The molecule has 0 atom stereocenters. The van der Waals surface area contributed by atoms with E-state index in [1.54, 1.807) is 17.5 Å². The third kappa shape index (κ3) is 2.88. The van der Waals surface area contributed by atoms with Crippen molar-refractivity contribution < 1.29 is 0 Å². The molecule has 0 unspecified atom stereocenters. The number of hydrogen-bond donors (Lipinski definition) is 1. The molecule has 0 radical (unpaired) electrons. The predicted molar refractivity (Wildman–Crippen MR) is 88.8 cm³/mol. The minimum Gasteiger partial charge on any atom is -0.369 e. The molecular formula is C16H18N4S. The van der Waals surface area contributed by atoms with Gasteiger partial charge in [0.25, 0.3) is 0 Å². The Morgan fingerprint density at radius 1 is 1.19 bits per heavy atom. The van der Waals surface area contributed by atoms with Gasteiger partial charge in [0, 0.05) is 17.6 Å². The number of hydrogen-bond acceptors (Lipinski definition) is 5. The van der Waals surface area contributed by atoms with Gasteiger partial charge >= 0.3 is 0 Å². The van der Waals surface area contributed by atoms with Crippen LogP contribution in [0, 0.1) is 0 Å². The van der Waals surface area contributed by atoms with E-state index in [4.69, 9.17) is 0 Å². The molecule has 108 valence electrons. The zero-order chi connectivity index (χ0) is 14.7. The topological polar surface area (TPSA) is 50.7 Å². The molecule has 3 aromatic rings. The van der Waals surface area contributed by atoms with Gasteiger partial charge in [0.05, 0.1) is 5.39 Å². The lowest BCUT2D eigenvalue weighted by molar-refractivity contribution is 0.970. The van der Waals surface area contributed by atoms with Gasteiger partial charge in [0.2, 0.25) is 0 Å². The van der Waals surface area contributed by atoms with Crippen molar-refractivity contribution in [1.29, 1.82) is 0 Å². The van der Waals surface area contributed by atoms with Crippen molar-refractivity contribution in [2.75, 3.05) is 11.9 Å². The lowest BCUT2D eigenvalue weighted by atomic mass is 10.3. The minimum atomic E-state index is 0.686. The molecule has 5 heteroatoms. The predicted octanol–water partition coefficient (Wildman–Crippen LogP) is 4.14. The lowest BCUT2D eigenvalue weighted by Gasteiger charge is -2.07. The third-order valence-electron chi connectivity index (χ3n) is 3.23. The van der Waals surface area contributed by atoms with Crippen LogP contribution in [0.1, 0.15) is 25.1 Å². The first-order valence-corrected chi connectivity index (χ1v) is 8.09. The first-order valence-electron chi connectivity index (χ1n) is 7.27. The fourth-order valence-electron chi connectivity index (χ4n) is 2.13. The number of fused-ring (bicyclic) bond motifs is 1. The summed E-state index contributed by atoms with van der Waals surface area (Å²) in [6, 6.07) is 8.00.